The van der Waals surface area contributed by atoms with Gasteiger partial charge in [-0.1, -0.05) is 18.2 Å². The third kappa shape index (κ3) is 6.53. The van der Waals surface area contributed by atoms with Crippen LogP contribution < -0.4 is 15.4 Å². The summed E-state index contributed by atoms with van der Waals surface area (Å²) < 4.78 is 10.6. The van der Waals surface area contributed by atoms with Gasteiger partial charge in [-0.25, -0.2) is 4.79 Å². The molecule has 0 aliphatic heterocycles. The molecule has 0 unspecified atom stereocenters. The van der Waals surface area contributed by atoms with E-state index < -0.39 is 6.03 Å². The third-order valence-electron chi connectivity index (χ3n) is 3.15. The Morgan fingerprint density at radius 2 is 1.96 bits per heavy atom. The Morgan fingerprint density at radius 1 is 1.17 bits per heavy atom. The molecule has 2 rings (SSSR count). The Balaban J connectivity index is 1.59. The molecule has 7 nitrogen and oxygen atoms in total. The average molecular weight is 331 g/mol. The molecule has 0 radical (unpaired) electrons. The molecule has 0 bridgehead atoms. The minimum Gasteiger partial charge on any atom is -0.492 e. The van der Waals surface area contributed by atoms with Crippen LogP contribution in [0.5, 0.6) is 5.75 Å². The summed E-state index contributed by atoms with van der Waals surface area (Å²) in [7, 11) is 1.79. The Kier molecular flexibility index (Phi) is 6.85. The van der Waals surface area contributed by atoms with E-state index in [-0.39, 0.29) is 19.0 Å². The molecule has 0 atom stereocenters. The molecule has 2 aromatic rings. The number of imide groups is 1. The first-order chi connectivity index (χ1) is 11.6. The molecule has 0 aliphatic carbocycles. The van der Waals surface area contributed by atoms with Gasteiger partial charge in [-0.2, -0.15) is 0 Å². The number of carbonyl (C=O) groups excluding carboxylic acids is 2. The number of urea groups is 1. The molecular formula is C17H21N3O4. The molecule has 7 heteroatoms. The Morgan fingerprint density at radius 3 is 2.67 bits per heavy atom. The average Bonchev–Trinajstić information content (AvgIpc) is 3.07. The predicted molar refractivity (Wildman–Crippen MR) is 88.5 cm³/mol. The number of hydrogen-bond donors (Lipinski definition) is 2. The number of ether oxygens (including phenoxy) is 1. The molecule has 128 valence electrons. The highest BCUT2D eigenvalue weighted by Crippen LogP contribution is 2.07. The zero-order chi connectivity index (χ0) is 17.2. The van der Waals surface area contributed by atoms with Crippen LogP contribution in [0.3, 0.4) is 0 Å². The molecule has 0 fully saturated rings. The van der Waals surface area contributed by atoms with Gasteiger partial charge in [0, 0.05) is 6.54 Å². The third-order valence-corrected chi connectivity index (χ3v) is 3.15. The van der Waals surface area contributed by atoms with E-state index in [2.05, 4.69) is 10.6 Å². The fourth-order valence-electron chi connectivity index (χ4n) is 1.95. The van der Waals surface area contributed by atoms with E-state index in [0.717, 1.165) is 5.75 Å². The number of carbonyl (C=O) groups is 2. The fraction of sp³-hybridized carbons (Fsp3) is 0.294. The monoisotopic (exact) mass is 331 g/mol. The minimum absolute atomic E-state index is 0.103. The molecule has 1 aromatic carbocycles. The van der Waals surface area contributed by atoms with Crippen molar-refractivity contribution >= 4 is 11.9 Å². The van der Waals surface area contributed by atoms with E-state index in [1.54, 1.807) is 24.1 Å². The smallest absolute Gasteiger partial charge is 0.321 e. The summed E-state index contributed by atoms with van der Waals surface area (Å²) >= 11 is 0. The molecule has 0 saturated carbocycles. The number of nitrogens with one attached hydrogen (secondary N) is 2. The van der Waals surface area contributed by atoms with Gasteiger partial charge < -0.3 is 14.5 Å². The summed E-state index contributed by atoms with van der Waals surface area (Å²) in [5.74, 6) is 1.02. The van der Waals surface area contributed by atoms with E-state index in [9.17, 15) is 9.59 Å². The van der Waals surface area contributed by atoms with E-state index in [0.29, 0.717) is 18.9 Å². The molecule has 0 spiro atoms. The van der Waals surface area contributed by atoms with Crippen LogP contribution in [-0.4, -0.2) is 43.6 Å². The van der Waals surface area contributed by atoms with Gasteiger partial charge in [0.2, 0.25) is 5.91 Å². The lowest BCUT2D eigenvalue weighted by Gasteiger charge is -2.16. The molecule has 1 heterocycles. The van der Waals surface area contributed by atoms with Crippen LogP contribution in [0.15, 0.2) is 53.1 Å². The SMILES string of the molecule is CN(CCOc1ccccc1)CC(=O)NC(=O)NCc1ccco1. The summed E-state index contributed by atoms with van der Waals surface area (Å²) in [5, 5.41) is 4.81. The molecule has 3 amide bonds. The van der Waals surface area contributed by atoms with Gasteiger partial charge in [-0.15, -0.1) is 0 Å². The molecule has 1 aromatic heterocycles. The summed E-state index contributed by atoms with van der Waals surface area (Å²) in [6.45, 7) is 1.36. The van der Waals surface area contributed by atoms with Crippen molar-refractivity contribution in [1.29, 1.82) is 0 Å². The zero-order valence-corrected chi connectivity index (χ0v) is 13.5. The lowest BCUT2D eigenvalue weighted by Crippen LogP contribution is -2.44. The lowest BCUT2D eigenvalue weighted by molar-refractivity contribution is -0.120. The maximum atomic E-state index is 11.8. The number of furan rings is 1. The quantitative estimate of drug-likeness (QED) is 0.768. The van der Waals surface area contributed by atoms with Crippen LogP contribution in [0.1, 0.15) is 5.76 Å². The molecular weight excluding hydrogens is 310 g/mol. The largest absolute Gasteiger partial charge is 0.492 e. The van der Waals surface area contributed by atoms with Crippen molar-refractivity contribution in [3.05, 3.63) is 54.5 Å². The van der Waals surface area contributed by atoms with Gasteiger partial charge >= 0.3 is 6.03 Å². The first kappa shape index (κ1) is 17.6. The lowest BCUT2D eigenvalue weighted by atomic mass is 10.3. The second-order valence-corrected chi connectivity index (χ2v) is 5.21. The topological polar surface area (TPSA) is 83.8 Å². The number of benzene rings is 1. The normalized spacial score (nSPS) is 10.4. The Hall–Kier alpha value is -2.80. The van der Waals surface area contributed by atoms with Crippen molar-refractivity contribution in [2.75, 3.05) is 26.7 Å². The Bertz CT molecular complexity index is 629. The van der Waals surface area contributed by atoms with Gasteiger partial charge in [0.05, 0.1) is 19.4 Å². The van der Waals surface area contributed by atoms with E-state index >= 15 is 0 Å². The predicted octanol–water partition coefficient (Wildman–Crippen LogP) is 1.62. The van der Waals surface area contributed by atoms with E-state index in [1.165, 1.54) is 6.26 Å². The maximum absolute atomic E-state index is 11.8. The molecule has 0 saturated heterocycles. The van der Waals surface area contributed by atoms with Crippen LogP contribution in [0.4, 0.5) is 4.79 Å². The van der Waals surface area contributed by atoms with Crippen molar-refractivity contribution in [3.8, 4) is 5.75 Å². The summed E-state index contributed by atoms with van der Waals surface area (Å²) in [6.07, 6.45) is 1.52. The van der Waals surface area contributed by atoms with Crippen molar-refractivity contribution in [2.24, 2.45) is 0 Å². The van der Waals surface area contributed by atoms with Gasteiger partial charge in [-0.3, -0.25) is 15.0 Å². The van der Waals surface area contributed by atoms with Crippen LogP contribution in [0, 0.1) is 0 Å². The zero-order valence-electron chi connectivity index (χ0n) is 13.5. The Labute approximate surface area is 140 Å². The highest BCUT2D eigenvalue weighted by atomic mass is 16.5. The van der Waals surface area contributed by atoms with Crippen molar-refractivity contribution < 1.29 is 18.7 Å². The van der Waals surface area contributed by atoms with Crippen molar-refractivity contribution in [3.63, 3.8) is 0 Å². The second-order valence-electron chi connectivity index (χ2n) is 5.21. The maximum Gasteiger partial charge on any atom is 0.321 e. The molecule has 2 N–H and O–H groups in total. The van der Waals surface area contributed by atoms with E-state index in [4.69, 9.17) is 9.15 Å². The first-order valence-electron chi connectivity index (χ1n) is 7.60. The van der Waals surface area contributed by atoms with Gasteiger partial charge in [0.15, 0.2) is 0 Å². The molecule has 0 aliphatic rings. The number of likely N-dealkylation sites (N-methyl/N-ethyl adjacent to an activating group) is 1. The van der Waals surface area contributed by atoms with E-state index in [1.807, 2.05) is 30.3 Å². The van der Waals surface area contributed by atoms with Crippen LogP contribution in [0.25, 0.3) is 0 Å². The second kappa shape index (κ2) is 9.36. The highest BCUT2D eigenvalue weighted by molar-refractivity contribution is 5.95. The molecule has 24 heavy (non-hydrogen) atoms. The first-order valence-corrected chi connectivity index (χ1v) is 7.60. The number of rotatable bonds is 8. The number of amides is 3. The fourth-order valence-corrected chi connectivity index (χ4v) is 1.95. The summed E-state index contributed by atoms with van der Waals surface area (Å²) in [5.41, 5.74) is 0. The van der Waals surface area contributed by atoms with Crippen LogP contribution in [0.2, 0.25) is 0 Å². The highest BCUT2D eigenvalue weighted by Gasteiger charge is 2.10. The minimum atomic E-state index is -0.551. The standard InChI is InChI=1S/C17H21N3O4/c1-20(9-11-24-14-6-3-2-4-7-14)13-16(21)19-17(22)18-12-15-8-5-10-23-15/h2-8,10H,9,11-13H2,1H3,(H2,18,19,21,22). The number of para-hydroxylation sites is 1. The van der Waals surface area contributed by atoms with Crippen molar-refractivity contribution in [1.82, 2.24) is 15.5 Å². The summed E-state index contributed by atoms with van der Waals surface area (Å²) in [6, 6.07) is 12.4. The van der Waals surface area contributed by atoms with Gasteiger partial charge in [0.1, 0.15) is 18.1 Å². The number of hydrogen-bond acceptors (Lipinski definition) is 5. The van der Waals surface area contributed by atoms with Gasteiger partial charge in [-0.05, 0) is 31.3 Å². The van der Waals surface area contributed by atoms with Crippen molar-refractivity contribution in [2.45, 2.75) is 6.54 Å². The number of nitrogens with zero attached hydrogens (tertiary/aromatic N) is 1. The van der Waals surface area contributed by atoms with Crippen LogP contribution in [-0.2, 0) is 11.3 Å². The van der Waals surface area contributed by atoms with Crippen LogP contribution >= 0.6 is 0 Å². The summed E-state index contributed by atoms with van der Waals surface area (Å²) in [4.78, 5) is 25.2. The van der Waals surface area contributed by atoms with Gasteiger partial charge in [0.25, 0.3) is 0 Å².